The largest absolute Gasteiger partial charge is 0.491 e. The van der Waals surface area contributed by atoms with E-state index in [1.165, 1.54) is 33.4 Å². The van der Waals surface area contributed by atoms with E-state index in [1.807, 2.05) is 73.3 Å². The van der Waals surface area contributed by atoms with Crippen LogP contribution in [0.5, 0.6) is 23.0 Å². The highest BCUT2D eigenvalue weighted by molar-refractivity contribution is 6.05. The summed E-state index contributed by atoms with van der Waals surface area (Å²) in [5, 5.41) is 4.39. The molecule has 14 aliphatic rings. The second-order valence-electron chi connectivity index (χ2n) is 21.8. The van der Waals surface area contributed by atoms with E-state index < -0.39 is 0 Å². The minimum Gasteiger partial charge on any atom is -0.491 e. The number of aromatic nitrogens is 4. The lowest BCUT2D eigenvalue weighted by Gasteiger charge is -2.26. The molecule has 0 unspecified atom stereocenters. The Hall–Kier alpha value is -8.78. The van der Waals surface area contributed by atoms with Crippen LogP contribution < -0.4 is 18.9 Å². The average Bonchev–Trinajstić information content (AvgIpc) is 2.77. The highest BCUT2D eigenvalue weighted by Crippen LogP contribution is 2.35. The highest BCUT2D eigenvalue weighted by atomic mass is 16.6. The zero-order valence-electron chi connectivity index (χ0n) is 48.3. The van der Waals surface area contributed by atoms with Gasteiger partial charge in [0, 0.05) is 62.9 Å². The second kappa shape index (κ2) is 27.3. The van der Waals surface area contributed by atoms with E-state index in [2.05, 4.69) is 135 Å². The summed E-state index contributed by atoms with van der Waals surface area (Å²) in [5.74, 6) is 3.16. The zero-order chi connectivity index (χ0) is 57.6. The van der Waals surface area contributed by atoms with Gasteiger partial charge < -0.3 is 37.9 Å². The number of rotatable bonds is 0. The molecule has 12 nitrogen and oxygen atoms in total. The molecular formula is C73H70N4O8. The summed E-state index contributed by atoms with van der Waals surface area (Å²) in [4.78, 5) is 19.6. The number of pyridine rings is 4. The molecule has 0 saturated heterocycles. The van der Waals surface area contributed by atoms with Gasteiger partial charge in [0.25, 0.3) is 0 Å². The summed E-state index contributed by atoms with van der Waals surface area (Å²) >= 11 is 0. The van der Waals surface area contributed by atoms with Gasteiger partial charge in [-0.1, -0.05) is 111 Å². The molecule has 85 heavy (non-hydrogen) atoms. The molecule has 430 valence electrons. The molecule has 12 heteroatoms. The lowest BCUT2D eigenvalue weighted by atomic mass is 9.78. The lowest BCUT2D eigenvalue weighted by molar-refractivity contribution is 0.0273. The molecule has 4 aromatic heterocycles. The molecule has 0 spiro atoms. The number of benzene rings is 7. The van der Waals surface area contributed by atoms with E-state index in [0.717, 1.165) is 115 Å². The third-order valence-corrected chi connectivity index (χ3v) is 15.9. The number of hydrogen-bond donors (Lipinski definition) is 0. The monoisotopic (exact) mass is 1130 g/mol. The molecular weight excluding hydrogens is 1060 g/mol. The Morgan fingerprint density at radius 3 is 1.01 bits per heavy atom. The summed E-state index contributed by atoms with van der Waals surface area (Å²) < 4.78 is 47.1. The molecule has 0 atom stereocenters. The van der Waals surface area contributed by atoms with Crippen LogP contribution in [0.15, 0.2) is 195 Å². The molecule has 18 heterocycles. The highest BCUT2D eigenvalue weighted by Gasteiger charge is 2.23. The van der Waals surface area contributed by atoms with Crippen LogP contribution in [0.2, 0.25) is 0 Å². The van der Waals surface area contributed by atoms with Gasteiger partial charge in [0.15, 0.2) is 0 Å². The number of ether oxygens (including phenoxy) is 8. The van der Waals surface area contributed by atoms with E-state index in [0.29, 0.717) is 79.3 Å². The predicted molar refractivity (Wildman–Crippen MR) is 336 cm³/mol. The molecule has 0 amide bonds. The van der Waals surface area contributed by atoms with Crippen LogP contribution in [0.1, 0.15) is 47.2 Å². The molecule has 0 radical (unpaired) electrons. The minimum atomic E-state index is -0.222. The third-order valence-electron chi connectivity index (χ3n) is 15.9. The predicted octanol–water partition coefficient (Wildman–Crippen LogP) is 14.4. The summed E-state index contributed by atoms with van der Waals surface area (Å²) in [5.41, 5.74) is 15.1. The normalized spacial score (nSPS) is 15.6. The van der Waals surface area contributed by atoms with E-state index >= 15 is 0 Å². The van der Waals surface area contributed by atoms with Crippen molar-refractivity contribution in [2.45, 2.75) is 44.9 Å². The van der Waals surface area contributed by atoms with Crippen LogP contribution in [0.3, 0.4) is 0 Å². The van der Waals surface area contributed by atoms with Crippen LogP contribution in [0, 0.1) is 0 Å². The molecule has 22 bridgehead atoms. The fraction of sp³-hybridized carbons (Fsp3) is 0.260. The van der Waals surface area contributed by atoms with Crippen LogP contribution in [-0.4, -0.2) is 99.2 Å². The summed E-state index contributed by atoms with van der Waals surface area (Å²) in [6.07, 6.45) is 11.4. The van der Waals surface area contributed by atoms with E-state index in [-0.39, 0.29) is 5.41 Å². The summed E-state index contributed by atoms with van der Waals surface area (Å²) in [7, 11) is 0. The van der Waals surface area contributed by atoms with Crippen molar-refractivity contribution in [2.75, 3.05) is 79.3 Å². The smallest absolute Gasteiger partial charge is 0.119 e. The Labute approximate surface area is 496 Å². The van der Waals surface area contributed by atoms with Gasteiger partial charge in [-0.25, -0.2) is 0 Å². The first-order valence-electron chi connectivity index (χ1n) is 29.5. The summed E-state index contributed by atoms with van der Waals surface area (Å²) in [6.45, 7) is 9.91. The number of fused-ring (bicyclic) bond motifs is 1. The van der Waals surface area contributed by atoms with Gasteiger partial charge in [0.1, 0.15) is 49.4 Å². The van der Waals surface area contributed by atoms with Gasteiger partial charge in [-0.05, 0) is 143 Å². The maximum Gasteiger partial charge on any atom is 0.119 e. The van der Waals surface area contributed by atoms with Crippen molar-refractivity contribution in [3.63, 3.8) is 0 Å². The van der Waals surface area contributed by atoms with E-state index in [9.17, 15) is 0 Å². The molecule has 7 aromatic carbocycles. The maximum absolute atomic E-state index is 6.00. The van der Waals surface area contributed by atoms with Crippen LogP contribution in [-0.2, 0) is 50.0 Å². The SMILES string of the molecule is CC1(C)c2ccc(cc2)OCCOCCOCCOc2ccc(cc2)-c2cnc3c(ccc4c(ccnc43)CCc3ccc(cc3)CCc3ccnc4c3ccc3cc(cnc34)-c3ccc(cc3)OCCOCCOCCOc3ccc1cc3)c2. The maximum atomic E-state index is 6.00. The zero-order valence-corrected chi connectivity index (χ0v) is 48.3. The minimum absolute atomic E-state index is 0.222. The average molecular weight is 1130 g/mol. The fourth-order valence-electron chi connectivity index (χ4n) is 11.0. The van der Waals surface area contributed by atoms with Crippen LogP contribution in [0.4, 0.5) is 0 Å². The lowest BCUT2D eigenvalue weighted by Crippen LogP contribution is -2.19. The molecule has 0 saturated carbocycles. The van der Waals surface area contributed by atoms with Gasteiger partial charge in [-0.15, -0.1) is 0 Å². The van der Waals surface area contributed by atoms with E-state index in [4.69, 9.17) is 57.8 Å². The standard InChI is InChI=1S/C73H70N4O8/c1-73(2)61-17-25-65(26-18-61)84-45-41-80-37-35-78-39-43-82-63-21-11-53(12-22-63)59-47-57-15-29-67-55(31-33-74-71(67)69(57)76-49-59)9-7-51-3-4-52(6-5-51)8-10-56-32-34-75-72-68(56)30-16-58-48-60(50-77-70(58)72)54-13-23-64(24-14-54)83-44-40-79-36-38-81-42-46-85-66-27-19-62(73)20-28-66/h3-6,11-34,47-50H,7-10,35-46H2,1-2H3. The fourth-order valence-corrected chi connectivity index (χ4v) is 11.0. The van der Waals surface area contributed by atoms with Gasteiger partial charge >= 0.3 is 0 Å². The van der Waals surface area contributed by atoms with Gasteiger partial charge in [-0.3, -0.25) is 19.9 Å². The van der Waals surface area contributed by atoms with Crippen LogP contribution in [0.25, 0.3) is 65.9 Å². The van der Waals surface area contributed by atoms with Crippen molar-refractivity contribution >= 4 is 43.6 Å². The molecule has 25 rings (SSSR count). The molecule has 0 N–H and O–H groups in total. The van der Waals surface area contributed by atoms with Crippen molar-refractivity contribution in [3.05, 3.63) is 228 Å². The third kappa shape index (κ3) is 14.1. The van der Waals surface area contributed by atoms with Gasteiger partial charge in [0.2, 0.25) is 0 Å². The number of hydrogen-bond acceptors (Lipinski definition) is 12. The van der Waals surface area contributed by atoms with Crippen molar-refractivity contribution in [3.8, 4) is 45.3 Å². The first-order chi connectivity index (χ1) is 41.9. The summed E-state index contributed by atoms with van der Waals surface area (Å²) in [6, 6.07) is 59.3. The molecule has 0 fully saturated rings. The van der Waals surface area contributed by atoms with E-state index in [1.54, 1.807) is 0 Å². The van der Waals surface area contributed by atoms with Crippen molar-refractivity contribution in [1.29, 1.82) is 0 Å². The number of nitrogens with zero attached hydrogens (tertiary/aromatic N) is 4. The van der Waals surface area contributed by atoms with Crippen LogP contribution >= 0.6 is 0 Å². The van der Waals surface area contributed by atoms with Crippen molar-refractivity contribution in [2.24, 2.45) is 0 Å². The number of aryl methyl sites for hydroxylation is 4. The van der Waals surface area contributed by atoms with Gasteiger partial charge in [0.05, 0.1) is 74.9 Å². The van der Waals surface area contributed by atoms with Crippen molar-refractivity contribution < 1.29 is 37.9 Å². The Balaban J connectivity index is 0.677. The first-order valence-corrected chi connectivity index (χ1v) is 29.5. The molecule has 11 aromatic rings. The quantitative estimate of drug-likeness (QED) is 0.134. The van der Waals surface area contributed by atoms with Gasteiger partial charge in [-0.2, -0.15) is 0 Å². The topological polar surface area (TPSA) is 125 Å². The first kappa shape index (κ1) is 56.7. The Bertz CT molecular complexity index is 3730. The molecule has 14 aliphatic heterocycles. The Kier molecular flexibility index (Phi) is 18.2. The van der Waals surface area contributed by atoms with Crippen molar-refractivity contribution in [1.82, 2.24) is 19.9 Å². The Morgan fingerprint density at radius 2 is 0.647 bits per heavy atom. The Morgan fingerprint density at radius 1 is 0.306 bits per heavy atom. The second-order valence-corrected chi connectivity index (χ2v) is 21.8. The molecule has 0 aliphatic carbocycles.